The van der Waals surface area contributed by atoms with Crippen LogP contribution in [0.25, 0.3) is 0 Å². The van der Waals surface area contributed by atoms with Gasteiger partial charge in [0.25, 0.3) is 0 Å². The molecule has 0 spiro atoms. The third-order valence-corrected chi connectivity index (χ3v) is 8.60. The zero-order valence-electron chi connectivity index (χ0n) is 12.6. The van der Waals surface area contributed by atoms with E-state index in [9.17, 15) is 9.59 Å². The SMILES string of the molecule is CCOc1ccc(N2C(=O)C3C4CC(C(Br)C4Br)C3C2=O)cc1. The zero-order valence-corrected chi connectivity index (χ0v) is 15.8. The number of nitrogens with zero attached hydrogens (tertiary/aromatic N) is 1. The van der Waals surface area contributed by atoms with Crippen LogP contribution in [0.4, 0.5) is 5.69 Å². The molecule has 3 aliphatic rings. The first-order valence-corrected chi connectivity index (χ1v) is 9.76. The Morgan fingerprint density at radius 2 is 1.57 bits per heavy atom. The molecule has 0 radical (unpaired) electrons. The Labute approximate surface area is 151 Å². The highest BCUT2D eigenvalue weighted by atomic mass is 79.9. The van der Waals surface area contributed by atoms with Gasteiger partial charge in [-0.1, -0.05) is 31.9 Å². The van der Waals surface area contributed by atoms with Crippen LogP contribution in [-0.4, -0.2) is 28.1 Å². The number of carbonyl (C=O) groups is 2. The molecular weight excluding hydrogens is 426 g/mol. The molecule has 3 fully saturated rings. The molecule has 0 aromatic heterocycles. The van der Waals surface area contributed by atoms with Gasteiger partial charge in [-0.2, -0.15) is 0 Å². The minimum Gasteiger partial charge on any atom is -0.494 e. The minimum atomic E-state index is -0.169. The molecule has 4 nitrogen and oxygen atoms in total. The molecule has 0 N–H and O–H groups in total. The summed E-state index contributed by atoms with van der Waals surface area (Å²) in [7, 11) is 0. The van der Waals surface area contributed by atoms with E-state index in [1.165, 1.54) is 4.90 Å². The number of carbonyl (C=O) groups excluding carboxylic acids is 2. The summed E-state index contributed by atoms with van der Waals surface area (Å²) in [6, 6.07) is 7.20. The van der Waals surface area contributed by atoms with Gasteiger partial charge in [0, 0.05) is 9.65 Å². The molecule has 122 valence electrons. The predicted octanol–water partition coefficient (Wildman–Crippen LogP) is 3.37. The maximum atomic E-state index is 12.9. The second-order valence-corrected chi connectivity index (χ2v) is 8.56. The lowest BCUT2D eigenvalue weighted by Crippen LogP contribution is -2.37. The van der Waals surface area contributed by atoms with Crippen molar-refractivity contribution >= 4 is 49.4 Å². The molecule has 2 saturated carbocycles. The van der Waals surface area contributed by atoms with E-state index in [0.29, 0.717) is 12.3 Å². The highest BCUT2D eigenvalue weighted by molar-refractivity contribution is 9.12. The Bertz CT molecular complexity index is 630. The van der Waals surface area contributed by atoms with Gasteiger partial charge in [0.05, 0.1) is 24.1 Å². The number of fused-ring (bicyclic) bond motifs is 5. The Morgan fingerprint density at radius 3 is 2.04 bits per heavy atom. The van der Waals surface area contributed by atoms with Crippen molar-refractivity contribution in [2.45, 2.75) is 23.0 Å². The molecule has 6 unspecified atom stereocenters. The molecule has 1 saturated heterocycles. The fraction of sp³-hybridized carbons (Fsp3) is 0.529. The summed E-state index contributed by atoms with van der Waals surface area (Å²) in [5.41, 5.74) is 0.648. The molecule has 1 aromatic carbocycles. The number of imide groups is 1. The molecule has 1 aliphatic heterocycles. The fourth-order valence-electron chi connectivity index (χ4n) is 4.46. The highest BCUT2D eigenvalue weighted by Gasteiger charge is 2.66. The van der Waals surface area contributed by atoms with Crippen LogP contribution in [0, 0.1) is 23.7 Å². The van der Waals surface area contributed by atoms with Crippen molar-refractivity contribution in [3.63, 3.8) is 0 Å². The lowest BCUT2D eigenvalue weighted by molar-refractivity contribution is -0.123. The molecular formula is C17H17Br2NO3. The summed E-state index contributed by atoms with van der Waals surface area (Å²) in [5, 5.41) is 0. The van der Waals surface area contributed by atoms with E-state index >= 15 is 0 Å². The number of halogens is 2. The largest absolute Gasteiger partial charge is 0.494 e. The van der Waals surface area contributed by atoms with Gasteiger partial charge in [-0.3, -0.25) is 14.5 Å². The molecule has 2 aliphatic carbocycles. The van der Waals surface area contributed by atoms with Crippen molar-refractivity contribution in [2.75, 3.05) is 11.5 Å². The van der Waals surface area contributed by atoms with E-state index in [1.54, 1.807) is 12.1 Å². The van der Waals surface area contributed by atoms with Crippen molar-refractivity contribution in [2.24, 2.45) is 23.7 Å². The summed E-state index contributed by atoms with van der Waals surface area (Å²) in [4.78, 5) is 27.7. The molecule has 6 atom stereocenters. The Morgan fingerprint density at radius 1 is 1.04 bits per heavy atom. The molecule has 4 rings (SSSR count). The van der Waals surface area contributed by atoms with Crippen LogP contribution in [0.1, 0.15) is 13.3 Å². The Kier molecular flexibility index (Phi) is 3.80. The van der Waals surface area contributed by atoms with E-state index in [0.717, 1.165) is 12.2 Å². The van der Waals surface area contributed by atoms with Crippen LogP contribution in [0.2, 0.25) is 0 Å². The van der Waals surface area contributed by atoms with E-state index in [1.807, 2.05) is 19.1 Å². The van der Waals surface area contributed by atoms with E-state index < -0.39 is 0 Å². The molecule has 23 heavy (non-hydrogen) atoms. The second-order valence-electron chi connectivity index (χ2n) is 6.44. The first-order chi connectivity index (χ1) is 11.0. The molecule has 1 heterocycles. The van der Waals surface area contributed by atoms with Gasteiger partial charge in [-0.15, -0.1) is 0 Å². The van der Waals surface area contributed by atoms with Crippen LogP contribution in [0.3, 0.4) is 0 Å². The quantitative estimate of drug-likeness (QED) is 0.532. The number of benzene rings is 1. The van der Waals surface area contributed by atoms with Gasteiger partial charge in [0.1, 0.15) is 5.75 Å². The average Bonchev–Trinajstić information content (AvgIpc) is 3.14. The van der Waals surface area contributed by atoms with Crippen molar-refractivity contribution in [1.29, 1.82) is 0 Å². The van der Waals surface area contributed by atoms with Crippen molar-refractivity contribution < 1.29 is 14.3 Å². The smallest absolute Gasteiger partial charge is 0.238 e. The van der Waals surface area contributed by atoms with Gasteiger partial charge in [-0.05, 0) is 49.4 Å². The lowest BCUT2D eigenvalue weighted by Gasteiger charge is -2.28. The van der Waals surface area contributed by atoms with Crippen LogP contribution in [-0.2, 0) is 9.59 Å². The second kappa shape index (κ2) is 5.59. The molecule has 1 aromatic rings. The number of anilines is 1. The van der Waals surface area contributed by atoms with E-state index in [-0.39, 0.29) is 45.1 Å². The number of ether oxygens (including phenoxy) is 1. The topological polar surface area (TPSA) is 46.6 Å². The summed E-state index contributed by atoms with van der Waals surface area (Å²) in [6.45, 7) is 2.51. The van der Waals surface area contributed by atoms with Crippen molar-refractivity contribution in [1.82, 2.24) is 0 Å². The van der Waals surface area contributed by atoms with E-state index in [2.05, 4.69) is 31.9 Å². The van der Waals surface area contributed by atoms with Crippen molar-refractivity contribution in [3.8, 4) is 5.75 Å². The van der Waals surface area contributed by atoms with Crippen molar-refractivity contribution in [3.05, 3.63) is 24.3 Å². The standard InChI is InChI=1S/C17H17Br2NO3/c1-2-23-9-5-3-8(4-6-9)20-16(21)12-10-7-11(13(12)17(20)22)15(19)14(10)18/h3-6,10-15H,2,7H2,1H3. The molecule has 6 heteroatoms. The number of hydrogen-bond donors (Lipinski definition) is 0. The number of rotatable bonds is 3. The Hall–Kier alpha value is -0.880. The highest BCUT2D eigenvalue weighted by Crippen LogP contribution is 2.60. The van der Waals surface area contributed by atoms with Gasteiger partial charge in [0.2, 0.25) is 11.8 Å². The van der Waals surface area contributed by atoms with Gasteiger partial charge >= 0.3 is 0 Å². The van der Waals surface area contributed by atoms with Gasteiger partial charge in [-0.25, -0.2) is 0 Å². The summed E-state index contributed by atoms with van der Waals surface area (Å²) in [6.07, 6.45) is 0.954. The molecule has 2 bridgehead atoms. The number of alkyl halides is 2. The average molecular weight is 443 g/mol. The minimum absolute atomic E-state index is 0.0412. The summed E-state index contributed by atoms with van der Waals surface area (Å²) in [5.74, 6) is 0.823. The Balaban J connectivity index is 1.64. The predicted molar refractivity (Wildman–Crippen MR) is 94.1 cm³/mol. The first-order valence-electron chi connectivity index (χ1n) is 7.93. The summed E-state index contributed by atoms with van der Waals surface area (Å²) >= 11 is 7.40. The first kappa shape index (κ1) is 15.6. The van der Waals surface area contributed by atoms with Crippen LogP contribution in [0.15, 0.2) is 24.3 Å². The van der Waals surface area contributed by atoms with Gasteiger partial charge < -0.3 is 4.74 Å². The van der Waals surface area contributed by atoms with Gasteiger partial charge in [0.15, 0.2) is 0 Å². The normalized spacial score (nSPS) is 38.3. The maximum absolute atomic E-state index is 12.9. The summed E-state index contributed by atoms with van der Waals surface area (Å²) < 4.78 is 5.42. The number of amides is 2. The zero-order chi connectivity index (χ0) is 16.3. The lowest BCUT2D eigenvalue weighted by atomic mass is 9.81. The third kappa shape index (κ3) is 2.14. The number of hydrogen-bond acceptors (Lipinski definition) is 3. The van der Waals surface area contributed by atoms with Crippen LogP contribution >= 0.6 is 31.9 Å². The van der Waals surface area contributed by atoms with E-state index in [4.69, 9.17) is 4.74 Å². The third-order valence-electron chi connectivity index (χ3n) is 5.39. The fourth-order valence-corrected chi connectivity index (χ4v) is 6.33. The van der Waals surface area contributed by atoms with Crippen LogP contribution < -0.4 is 9.64 Å². The monoisotopic (exact) mass is 441 g/mol. The maximum Gasteiger partial charge on any atom is 0.238 e. The molecule has 2 amide bonds. The van der Waals surface area contributed by atoms with Crippen LogP contribution in [0.5, 0.6) is 5.75 Å².